The topological polar surface area (TPSA) is 89.8 Å². The van der Waals surface area contributed by atoms with Gasteiger partial charge in [0.25, 0.3) is 11.6 Å². The van der Waals surface area contributed by atoms with Gasteiger partial charge in [-0.05, 0) is 39.2 Å². The summed E-state index contributed by atoms with van der Waals surface area (Å²) in [5, 5.41) is 10.7. The monoisotopic (exact) mass is 320 g/mol. The van der Waals surface area contributed by atoms with Gasteiger partial charge in [0, 0.05) is 24.2 Å². The lowest BCUT2D eigenvalue weighted by atomic mass is 9.97. The number of nitro groups is 1. The fourth-order valence-corrected chi connectivity index (χ4v) is 3.00. The van der Waals surface area contributed by atoms with Gasteiger partial charge in [-0.3, -0.25) is 19.7 Å². The zero-order chi connectivity index (χ0) is 17.0. The number of piperidine rings is 1. The normalized spacial score (nSPS) is 20.9. The highest BCUT2D eigenvalue weighted by atomic mass is 16.6. The SMILES string of the molecule is C[C@@H]1CCC[C@H](C)N1C(=O)COc1ccc([N+](=O)[O-])cc1C=O. The van der Waals surface area contributed by atoms with E-state index in [1.54, 1.807) is 0 Å². The number of aldehydes is 1. The number of hydrogen-bond donors (Lipinski definition) is 0. The molecule has 0 radical (unpaired) electrons. The van der Waals surface area contributed by atoms with Gasteiger partial charge in [0.05, 0.1) is 10.5 Å². The molecule has 1 aliphatic heterocycles. The maximum atomic E-state index is 12.4. The molecular weight excluding hydrogens is 300 g/mol. The average Bonchev–Trinajstić information content (AvgIpc) is 2.52. The highest BCUT2D eigenvalue weighted by Gasteiger charge is 2.29. The molecule has 0 unspecified atom stereocenters. The first kappa shape index (κ1) is 16.9. The van der Waals surface area contributed by atoms with Crippen LogP contribution in [-0.4, -0.2) is 40.7 Å². The number of carbonyl (C=O) groups excluding carboxylic acids is 2. The molecule has 0 aliphatic carbocycles. The summed E-state index contributed by atoms with van der Waals surface area (Å²) in [6.07, 6.45) is 3.52. The Labute approximate surface area is 134 Å². The highest BCUT2D eigenvalue weighted by molar-refractivity contribution is 5.82. The minimum absolute atomic E-state index is 0.0618. The first-order valence-electron chi connectivity index (χ1n) is 7.61. The lowest BCUT2D eigenvalue weighted by Crippen LogP contribution is -2.49. The molecule has 1 aromatic rings. The van der Waals surface area contributed by atoms with Gasteiger partial charge in [-0.15, -0.1) is 0 Å². The number of carbonyl (C=O) groups is 2. The van der Waals surface area contributed by atoms with Gasteiger partial charge in [0.15, 0.2) is 12.9 Å². The molecule has 0 saturated carbocycles. The van der Waals surface area contributed by atoms with Gasteiger partial charge in [0.2, 0.25) is 0 Å². The minimum atomic E-state index is -0.584. The Balaban J connectivity index is 2.06. The van der Waals surface area contributed by atoms with Gasteiger partial charge >= 0.3 is 0 Å². The molecule has 0 N–H and O–H groups in total. The summed E-state index contributed by atoms with van der Waals surface area (Å²) < 4.78 is 5.43. The maximum Gasteiger partial charge on any atom is 0.270 e. The third kappa shape index (κ3) is 3.85. The molecule has 1 heterocycles. The predicted molar refractivity (Wildman–Crippen MR) is 83.6 cm³/mol. The Morgan fingerprint density at radius 1 is 1.39 bits per heavy atom. The Bertz CT molecular complexity index is 606. The minimum Gasteiger partial charge on any atom is -0.483 e. The number of benzene rings is 1. The Kier molecular flexibility index (Phi) is 5.31. The van der Waals surface area contributed by atoms with Crippen molar-refractivity contribution < 1.29 is 19.2 Å². The summed E-state index contributed by atoms with van der Waals surface area (Å²) in [6.45, 7) is 3.83. The third-order valence-electron chi connectivity index (χ3n) is 4.16. The van der Waals surface area contributed by atoms with Crippen molar-refractivity contribution in [2.75, 3.05) is 6.61 Å². The standard InChI is InChI=1S/C16H20N2O5/c1-11-4-3-5-12(2)17(11)16(20)10-23-15-7-6-14(18(21)22)8-13(15)9-19/h6-9,11-12H,3-5,10H2,1-2H3/t11-,12+. The molecule has 2 rings (SSSR count). The van der Waals surface area contributed by atoms with E-state index in [-0.39, 0.29) is 41.6 Å². The van der Waals surface area contributed by atoms with Crippen LogP contribution in [0.4, 0.5) is 5.69 Å². The molecule has 7 heteroatoms. The summed E-state index contributed by atoms with van der Waals surface area (Å²) in [5.41, 5.74) is -0.129. The summed E-state index contributed by atoms with van der Waals surface area (Å²) in [7, 11) is 0. The fourth-order valence-electron chi connectivity index (χ4n) is 3.00. The molecule has 23 heavy (non-hydrogen) atoms. The summed E-state index contributed by atoms with van der Waals surface area (Å²) in [4.78, 5) is 35.4. The largest absolute Gasteiger partial charge is 0.483 e. The molecular formula is C16H20N2O5. The van der Waals surface area contributed by atoms with Gasteiger partial charge in [-0.2, -0.15) is 0 Å². The van der Waals surface area contributed by atoms with Crippen molar-refractivity contribution in [2.24, 2.45) is 0 Å². The quantitative estimate of drug-likeness (QED) is 0.472. The van der Waals surface area contributed by atoms with Gasteiger partial charge < -0.3 is 9.64 Å². The highest BCUT2D eigenvalue weighted by Crippen LogP contribution is 2.25. The van der Waals surface area contributed by atoms with Crippen molar-refractivity contribution >= 4 is 17.9 Å². The number of likely N-dealkylation sites (tertiary alicyclic amines) is 1. The zero-order valence-corrected chi connectivity index (χ0v) is 13.2. The number of ether oxygens (including phenoxy) is 1. The van der Waals surface area contributed by atoms with Crippen LogP contribution in [0.25, 0.3) is 0 Å². The van der Waals surface area contributed by atoms with Crippen LogP contribution in [-0.2, 0) is 4.79 Å². The van der Waals surface area contributed by atoms with Crippen LogP contribution in [0.1, 0.15) is 43.5 Å². The molecule has 124 valence electrons. The molecule has 2 atom stereocenters. The van der Waals surface area contributed by atoms with E-state index in [1.165, 1.54) is 12.1 Å². The van der Waals surface area contributed by atoms with E-state index in [1.807, 2.05) is 18.7 Å². The molecule has 0 aromatic heterocycles. The predicted octanol–water partition coefficient (Wildman–Crippen LogP) is 2.58. The number of hydrogen-bond acceptors (Lipinski definition) is 5. The van der Waals surface area contributed by atoms with Crippen LogP contribution in [0, 0.1) is 10.1 Å². The molecule has 0 spiro atoms. The van der Waals surface area contributed by atoms with Crippen molar-refractivity contribution in [2.45, 2.75) is 45.2 Å². The van der Waals surface area contributed by atoms with Gasteiger partial charge in [-0.1, -0.05) is 0 Å². The second kappa shape index (κ2) is 7.21. The van der Waals surface area contributed by atoms with Crippen LogP contribution in [0.2, 0.25) is 0 Å². The fraction of sp³-hybridized carbons (Fsp3) is 0.500. The first-order chi connectivity index (χ1) is 10.9. The molecule has 1 saturated heterocycles. The number of non-ortho nitro benzene ring substituents is 1. The van der Waals surface area contributed by atoms with Crippen LogP contribution in [0.15, 0.2) is 18.2 Å². The smallest absolute Gasteiger partial charge is 0.270 e. The van der Waals surface area contributed by atoms with Crippen LogP contribution < -0.4 is 4.74 Å². The third-order valence-corrected chi connectivity index (χ3v) is 4.16. The first-order valence-corrected chi connectivity index (χ1v) is 7.61. The van der Waals surface area contributed by atoms with Crippen molar-refractivity contribution in [1.82, 2.24) is 4.90 Å². The summed E-state index contributed by atoms with van der Waals surface area (Å²) in [5.74, 6) is 0.0381. The number of nitro benzene ring substituents is 1. The Morgan fingerprint density at radius 3 is 2.61 bits per heavy atom. The maximum absolute atomic E-state index is 12.4. The van der Waals surface area contributed by atoms with Gasteiger partial charge in [0.1, 0.15) is 5.75 Å². The summed E-state index contributed by atoms with van der Waals surface area (Å²) in [6, 6.07) is 4.06. The van der Waals surface area contributed by atoms with E-state index in [2.05, 4.69) is 0 Å². The van der Waals surface area contributed by atoms with Crippen molar-refractivity contribution in [3.05, 3.63) is 33.9 Å². The Morgan fingerprint density at radius 2 is 2.04 bits per heavy atom. The molecule has 0 bridgehead atoms. The van der Waals surface area contributed by atoms with Crippen LogP contribution in [0.5, 0.6) is 5.75 Å². The lowest BCUT2D eigenvalue weighted by molar-refractivity contribution is -0.384. The van der Waals surface area contributed by atoms with E-state index in [0.717, 1.165) is 25.3 Å². The number of nitrogens with zero attached hydrogens (tertiary/aromatic N) is 2. The molecule has 1 aromatic carbocycles. The second-order valence-electron chi connectivity index (χ2n) is 5.82. The average molecular weight is 320 g/mol. The van der Waals surface area contributed by atoms with Crippen LogP contribution in [0.3, 0.4) is 0 Å². The Hall–Kier alpha value is -2.44. The lowest BCUT2D eigenvalue weighted by Gasteiger charge is -2.39. The van der Waals surface area contributed by atoms with E-state index in [0.29, 0.717) is 6.29 Å². The van der Waals surface area contributed by atoms with Crippen molar-refractivity contribution in [1.29, 1.82) is 0 Å². The van der Waals surface area contributed by atoms with Crippen molar-refractivity contribution in [3.63, 3.8) is 0 Å². The van der Waals surface area contributed by atoms with E-state index in [9.17, 15) is 19.7 Å². The molecule has 1 aliphatic rings. The van der Waals surface area contributed by atoms with Crippen LogP contribution >= 0.6 is 0 Å². The van der Waals surface area contributed by atoms with Gasteiger partial charge in [-0.25, -0.2) is 0 Å². The molecule has 1 fully saturated rings. The summed E-state index contributed by atoms with van der Waals surface area (Å²) >= 11 is 0. The second-order valence-corrected chi connectivity index (χ2v) is 5.82. The zero-order valence-electron chi connectivity index (χ0n) is 13.2. The van der Waals surface area contributed by atoms with E-state index in [4.69, 9.17) is 4.74 Å². The van der Waals surface area contributed by atoms with Crippen molar-refractivity contribution in [3.8, 4) is 5.75 Å². The van der Waals surface area contributed by atoms with E-state index < -0.39 is 4.92 Å². The molecule has 1 amide bonds. The number of rotatable bonds is 5. The molecule has 7 nitrogen and oxygen atoms in total. The number of amides is 1. The van der Waals surface area contributed by atoms with E-state index >= 15 is 0 Å².